The molecule has 0 bridgehead atoms. The Bertz CT molecular complexity index is 615. The quantitative estimate of drug-likeness (QED) is 0.496. The molecule has 0 radical (unpaired) electrons. The fourth-order valence-electron chi connectivity index (χ4n) is 4.16. The third-order valence-electron chi connectivity index (χ3n) is 5.32. The first-order chi connectivity index (χ1) is 9.96. The van der Waals surface area contributed by atoms with Crippen LogP contribution in [0.5, 0.6) is 0 Å². The van der Waals surface area contributed by atoms with E-state index in [1.54, 1.807) is 14.0 Å². The van der Waals surface area contributed by atoms with Crippen molar-refractivity contribution >= 4 is 20.2 Å². The molecule has 0 aliphatic heterocycles. The molecule has 130 valence electrons. The van der Waals surface area contributed by atoms with Crippen molar-refractivity contribution in [2.75, 3.05) is 7.05 Å². The first-order valence-corrected chi connectivity index (χ1v) is 10.3. The van der Waals surface area contributed by atoms with Crippen molar-refractivity contribution in [3.63, 3.8) is 0 Å². The topological polar surface area (TPSA) is 141 Å². The van der Waals surface area contributed by atoms with Gasteiger partial charge in [0.15, 0.2) is 0 Å². The average Bonchev–Trinajstić information content (AvgIpc) is 2.39. The van der Waals surface area contributed by atoms with Gasteiger partial charge in [-0.2, -0.15) is 16.8 Å². The number of aliphatic hydroxyl groups excluding tert-OH is 1. The van der Waals surface area contributed by atoms with Crippen molar-refractivity contribution in [1.29, 1.82) is 0 Å². The van der Waals surface area contributed by atoms with Gasteiger partial charge in [0.2, 0.25) is 0 Å². The summed E-state index contributed by atoms with van der Waals surface area (Å²) < 4.78 is 64.6. The van der Waals surface area contributed by atoms with Gasteiger partial charge in [0.05, 0.1) is 16.6 Å². The Morgan fingerprint density at radius 2 is 1.59 bits per heavy atom. The SMILES string of the molecule is CNC1CC(S(=O)(=O)O)CC2CC(S(=O)(=O)O)C(C)C(O)C21. The van der Waals surface area contributed by atoms with E-state index in [4.69, 9.17) is 0 Å². The summed E-state index contributed by atoms with van der Waals surface area (Å²) >= 11 is 0. The minimum atomic E-state index is -4.33. The van der Waals surface area contributed by atoms with Gasteiger partial charge in [-0.15, -0.1) is 0 Å². The average molecular weight is 357 g/mol. The summed E-state index contributed by atoms with van der Waals surface area (Å²) in [7, 11) is -6.93. The van der Waals surface area contributed by atoms with Crippen LogP contribution < -0.4 is 5.32 Å². The number of nitrogens with one attached hydrogen (secondary N) is 1. The molecule has 10 heteroatoms. The standard InChI is InChI=1S/C12H23NO7S2/c1-6-10(22(18,19)20)4-7-3-8(21(15,16)17)5-9(13-2)11(7)12(6)14/h6-14H,3-5H2,1-2H3,(H,15,16,17)(H,18,19,20). The van der Waals surface area contributed by atoms with Crippen LogP contribution >= 0.6 is 0 Å². The van der Waals surface area contributed by atoms with Crippen molar-refractivity contribution in [3.8, 4) is 0 Å². The van der Waals surface area contributed by atoms with Crippen molar-refractivity contribution in [2.45, 2.75) is 48.8 Å². The third kappa shape index (κ3) is 3.31. The summed E-state index contributed by atoms with van der Waals surface area (Å²) in [6.07, 6.45) is -0.647. The van der Waals surface area contributed by atoms with Gasteiger partial charge in [-0.05, 0) is 32.2 Å². The first kappa shape index (κ1) is 18.1. The van der Waals surface area contributed by atoms with Gasteiger partial charge in [-0.25, -0.2) is 0 Å². The van der Waals surface area contributed by atoms with Crippen LogP contribution in [-0.4, -0.2) is 60.7 Å². The Hall–Kier alpha value is -0.260. The molecular formula is C12H23NO7S2. The van der Waals surface area contributed by atoms with Crippen LogP contribution in [0.1, 0.15) is 26.2 Å². The van der Waals surface area contributed by atoms with E-state index in [1.807, 2.05) is 0 Å². The zero-order valence-corrected chi connectivity index (χ0v) is 14.1. The molecule has 0 aromatic rings. The molecule has 4 N–H and O–H groups in total. The molecule has 2 saturated carbocycles. The predicted molar refractivity (Wildman–Crippen MR) is 79.5 cm³/mol. The van der Waals surface area contributed by atoms with Gasteiger partial charge in [0.1, 0.15) is 0 Å². The third-order valence-corrected chi connectivity index (χ3v) is 7.93. The molecule has 0 amide bonds. The highest BCUT2D eigenvalue weighted by molar-refractivity contribution is 7.86. The van der Waals surface area contributed by atoms with Gasteiger partial charge in [0.25, 0.3) is 20.2 Å². The van der Waals surface area contributed by atoms with E-state index in [-0.39, 0.29) is 31.2 Å². The molecule has 8 nitrogen and oxygen atoms in total. The van der Waals surface area contributed by atoms with Gasteiger partial charge < -0.3 is 10.4 Å². The number of fused-ring (bicyclic) bond motifs is 1. The minimum absolute atomic E-state index is 0.0753. The molecule has 2 aliphatic rings. The van der Waals surface area contributed by atoms with Gasteiger partial charge in [-0.1, -0.05) is 6.92 Å². The smallest absolute Gasteiger partial charge is 0.268 e. The van der Waals surface area contributed by atoms with Gasteiger partial charge in [0, 0.05) is 17.9 Å². The Labute approximate surface area is 130 Å². The molecule has 0 aromatic heterocycles. The lowest BCUT2D eigenvalue weighted by atomic mass is 9.63. The van der Waals surface area contributed by atoms with Crippen LogP contribution in [0.25, 0.3) is 0 Å². The molecule has 0 aromatic carbocycles. The summed E-state index contributed by atoms with van der Waals surface area (Å²) in [6, 6.07) is -0.342. The van der Waals surface area contributed by atoms with E-state index < -0.39 is 48.7 Å². The number of hydrogen-bond donors (Lipinski definition) is 4. The Morgan fingerprint density at radius 3 is 2.05 bits per heavy atom. The Balaban J connectivity index is 2.35. The second-order valence-electron chi connectivity index (χ2n) is 6.48. The molecule has 2 rings (SSSR count). The summed E-state index contributed by atoms with van der Waals surface area (Å²) in [5, 5.41) is 11.3. The van der Waals surface area contributed by atoms with Crippen molar-refractivity contribution in [3.05, 3.63) is 0 Å². The fraction of sp³-hybridized carbons (Fsp3) is 1.00. The molecule has 22 heavy (non-hydrogen) atoms. The molecule has 2 fully saturated rings. The zero-order chi connectivity index (χ0) is 16.9. The normalized spacial score (nSPS) is 43.6. The van der Waals surface area contributed by atoms with E-state index in [2.05, 4.69) is 5.32 Å². The molecule has 0 saturated heterocycles. The first-order valence-electron chi connectivity index (χ1n) is 7.24. The number of rotatable bonds is 3. The lowest BCUT2D eigenvalue weighted by molar-refractivity contribution is -0.0396. The largest absolute Gasteiger partial charge is 0.392 e. The van der Waals surface area contributed by atoms with E-state index in [0.717, 1.165) is 0 Å². The Morgan fingerprint density at radius 1 is 1.00 bits per heavy atom. The van der Waals surface area contributed by atoms with Crippen molar-refractivity contribution in [2.24, 2.45) is 17.8 Å². The fourth-order valence-corrected chi connectivity index (χ4v) is 6.29. The van der Waals surface area contributed by atoms with Gasteiger partial charge in [-0.3, -0.25) is 9.11 Å². The molecule has 0 spiro atoms. The van der Waals surface area contributed by atoms with E-state index in [1.165, 1.54) is 0 Å². The van der Waals surface area contributed by atoms with Crippen LogP contribution in [0, 0.1) is 17.8 Å². The van der Waals surface area contributed by atoms with E-state index in [9.17, 15) is 31.0 Å². The molecule has 2 aliphatic carbocycles. The maximum absolute atomic E-state index is 11.5. The van der Waals surface area contributed by atoms with E-state index in [0.29, 0.717) is 0 Å². The van der Waals surface area contributed by atoms with Gasteiger partial charge >= 0.3 is 0 Å². The summed E-state index contributed by atoms with van der Waals surface area (Å²) in [6.45, 7) is 1.57. The molecule has 0 heterocycles. The van der Waals surface area contributed by atoms with Crippen LogP contribution in [-0.2, 0) is 20.2 Å². The highest BCUT2D eigenvalue weighted by atomic mass is 32.2. The minimum Gasteiger partial charge on any atom is -0.392 e. The second kappa shape index (κ2) is 5.99. The highest BCUT2D eigenvalue weighted by Gasteiger charge is 2.53. The van der Waals surface area contributed by atoms with Crippen LogP contribution in [0.15, 0.2) is 0 Å². The zero-order valence-electron chi connectivity index (χ0n) is 12.5. The molecule has 7 unspecified atom stereocenters. The van der Waals surface area contributed by atoms with Crippen LogP contribution in [0.2, 0.25) is 0 Å². The van der Waals surface area contributed by atoms with Crippen molar-refractivity contribution in [1.82, 2.24) is 5.32 Å². The van der Waals surface area contributed by atoms with Crippen molar-refractivity contribution < 1.29 is 31.0 Å². The summed E-state index contributed by atoms with van der Waals surface area (Å²) in [4.78, 5) is 0. The molecule has 7 atom stereocenters. The maximum Gasteiger partial charge on any atom is 0.268 e. The van der Waals surface area contributed by atoms with Crippen LogP contribution in [0.3, 0.4) is 0 Å². The van der Waals surface area contributed by atoms with Crippen LogP contribution in [0.4, 0.5) is 0 Å². The molecular weight excluding hydrogens is 334 g/mol. The Kier molecular flexibility index (Phi) is 4.92. The number of hydrogen-bond acceptors (Lipinski definition) is 6. The lowest BCUT2D eigenvalue weighted by Crippen LogP contribution is -2.59. The lowest BCUT2D eigenvalue weighted by Gasteiger charge is -2.50. The summed E-state index contributed by atoms with van der Waals surface area (Å²) in [5.41, 5.74) is 0. The second-order valence-corrected chi connectivity index (χ2v) is 9.81. The summed E-state index contributed by atoms with van der Waals surface area (Å²) in [5.74, 6) is -1.36. The number of aliphatic hydroxyl groups is 1. The van der Waals surface area contributed by atoms with E-state index >= 15 is 0 Å². The highest BCUT2D eigenvalue weighted by Crippen LogP contribution is 2.46. The maximum atomic E-state index is 11.5. The monoisotopic (exact) mass is 357 g/mol. The predicted octanol–water partition coefficient (Wildman–Crippen LogP) is -0.486.